The minimum Gasteiger partial charge on any atom is -0.399 e. The molecule has 0 saturated heterocycles. The van der Waals surface area contributed by atoms with E-state index in [0.717, 1.165) is 29.1 Å². The number of pyridine rings is 1. The lowest BCUT2D eigenvalue weighted by Gasteiger charge is -2.17. The van der Waals surface area contributed by atoms with Crippen LogP contribution in [0.2, 0.25) is 5.02 Å². The van der Waals surface area contributed by atoms with Crippen LogP contribution in [-0.4, -0.2) is 4.98 Å². The summed E-state index contributed by atoms with van der Waals surface area (Å²) in [6, 6.07) is 7.87. The zero-order valence-electron chi connectivity index (χ0n) is 9.53. The molecule has 18 heavy (non-hydrogen) atoms. The third-order valence-corrected chi connectivity index (χ3v) is 3.75. The van der Waals surface area contributed by atoms with Gasteiger partial charge in [-0.3, -0.25) is 0 Å². The number of rotatable bonds is 1. The third-order valence-electron chi connectivity index (χ3n) is 3.04. The molecule has 0 atom stereocenters. The number of fused-ring (bicyclic) bond motifs is 1. The van der Waals surface area contributed by atoms with Crippen molar-refractivity contribution in [2.45, 2.75) is 13.1 Å². The Morgan fingerprint density at radius 3 is 2.78 bits per heavy atom. The minimum absolute atomic E-state index is 0.658. The molecule has 3 nitrogen and oxygen atoms in total. The number of nitrogens with zero attached hydrogens (tertiary/aromatic N) is 2. The van der Waals surface area contributed by atoms with E-state index in [0.29, 0.717) is 5.02 Å². The standard InChI is InChI=1S/C13H11BrClN3/c14-10-4-12(15)13(17-5-10)18-6-8-1-2-11(16)3-9(8)7-18/h1-5H,6-7,16H2. The van der Waals surface area contributed by atoms with E-state index in [-0.39, 0.29) is 0 Å². The Hall–Kier alpha value is -1.26. The highest BCUT2D eigenvalue weighted by Gasteiger charge is 2.22. The van der Waals surface area contributed by atoms with Crippen LogP contribution in [0.25, 0.3) is 0 Å². The summed E-state index contributed by atoms with van der Waals surface area (Å²) in [4.78, 5) is 6.53. The first-order chi connectivity index (χ1) is 8.63. The molecule has 0 unspecified atom stereocenters. The highest BCUT2D eigenvalue weighted by Crippen LogP contribution is 2.33. The molecule has 1 aliphatic heterocycles. The molecule has 2 aromatic rings. The number of hydrogen-bond donors (Lipinski definition) is 1. The van der Waals surface area contributed by atoms with Crippen molar-refractivity contribution in [2.75, 3.05) is 10.6 Å². The fourth-order valence-corrected chi connectivity index (χ4v) is 2.95. The zero-order chi connectivity index (χ0) is 12.7. The molecule has 0 spiro atoms. The Balaban J connectivity index is 1.93. The normalized spacial score (nSPS) is 13.8. The van der Waals surface area contributed by atoms with Crippen LogP contribution in [0.3, 0.4) is 0 Å². The summed E-state index contributed by atoms with van der Waals surface area (Å²) >= 11 is 9.59. The molecule has 0 bridgehead atoms. The van der Waals surface area contributed by atoms with E-state index in [1.165, 1.54) is 11.1 Å². The number of benzene rings is 1. The van der Waals surface area contributed by atoms with Crippen LogP contribution in [0.1, 0.15) is 11.1 Å². The van der Waals surface area contributed by atoms with Gasteiger partial charge >= 0.3 is 0 Å². The van der Waals surface area contributed by atoms with Gasteiger partial charge in [-0.05, 0) is 45.3 Å². The van der Waals surface area contributed by atoms with Crippen LogP contribution >= 0.6 is 27.5 Å². The van der Waals surface area contributed by atoms with Gasteiger partial charge in [0.1, 0.15) is 5.82 Å². The Bertz CT molecular complexity index is 615. The first-order valence-corrected chi connectivity index (χ1v) is 6.74. The maximum absolute atomic E-state index is 6.22. The predicted octanol–water partition coefficient (Wildman–Crippen LogP) is 3.60. The molecule has 1 aliphatic rings. The number of halogens is 2. The maximum atomic E-state index is 6.22. The van der Waals surface area contributed by atoms with E-state index >= 15 is 0 Å². The summed E-state index contributed by atoms with van der Waals surface area (Å²) in [6.45, 7) is 1.62. The molecule has 5 heteroatoms. The third kappa shape index (κ3) is 2.06. The SMILES string of the molecule is Nc1ccc2c(c1)CN(c1ncc(Br)cc1Cl)C2. The van der Waals surface area contributed by atoms with Crippen molar-refractivity contribution >= 4 is 39.0 Å². The molecule has 0 fully saturated rings. The highest BCUT2D eigenvalue weighted by atomic mass is 79.9. The molecule has 92 valence electrons. The van der Waals surface area contributed by atoms with Crippen molar-refractivity contribution in [3.8, 4) is 0 Å². The average Bonchev–Trinajstić information content (AvgIpc) is 2.71. The Morgan fingerprint density at radius 2 is 2.00 bits per heavy atom. The first kappa shape index (κ1) is 11.8. The first-order valence-electron chi connectivity index (χ1n) is 5.57. The van der Waals surface area contributed by atoms with Crippen LogP contribution < -0.4 is 10.6 Å². The lowest BCUT2D eigenvalue weighted by Crippen LogP contribution is -2.16. The van der Waals surface area contributed by atoms with Gasteiger partial charge in [0, 0.05) is 29.4 Å². The van der Waals surface area contributed by atoms with Crippen molar-refractivity contribution in [1.29, 1.82) is 0 Å². The summed E-state index contributed by atoms with van der Waals surface area (Å²) in [5, 5.41) is 0.658. The molecule has 0 saturated carbocycles. The molecule has 0 aliphatic carbocycles. The number of anilines is 2. The molecule has 3 rings (SSSR count). The molecule has 2 heterocycles. The molecule has 0 amide bonds. The molecule has 0 radical (unpaired) electrons. The van der Waals surface area contributed by atoms with Gasteiger partial charge in [0.15, 0.2) is 0 Å². The van der Waals surface area contributed by atoms with Crippen LogP contribution in [0.15, 0.2) is 34.9 Å². The van der Waals surface area contributed by atoms with Crippen LogP contribution in [0.5, 0.6) is 0 Å². The van der Waals surface area contributed by atoms with Crippen molar-refractivity contribution in [1.82, 2.24) is 4.98 Å². The van der Waals surface area contributed by atoms with Gasteiger partial charge in [-0.25, -0.2) is 4.98 Å². The summed E-state index contributed by atoms with van der Waals surface area (Å²) in [6.07, 6.45) is 1.76. The Morgan fingerprint density at radius 1 is 1.22 bits per heavy atom. The predicted molar refractivity (Wildman–Crippen MR) is 77.7 cm³/mol. The van der Waals surface area contributed by atoms with E-state index in [1.54, 1.807) is 6.20 Å². The monoisotopic (exact) mass is 323 g/mol. The molecule has 1 aromatic carbocycles. The maximum Gasteiger partial charge on any atom is 0.148 e. The molecular weight excluding hydrogens is 314 g/mol. The van der Waals surface area contributed by atoms with Crippen LogP contribution in [-0.2, 0) is 13.1 Å². The smallest absolute Gasteiger partial charge is 0.148 e. The van der Waals surface area contributed by atoms with Gasteiger partial charge in [-0.2, -0.15) is 0 Å². The lowest BCUT2D eigenvalue weighted by atomic mass is 10.1. The summed E-state index contributed by atoms with van der Waals surface area (Å²) in [5.74, 6) is 0.814. The number of nitrogen functional groups attached to an aromatic ring is 1. The summed E-state index contributed by atoms with van der Waals surface area (Å²) in [5.41, 5.74) is 9.12. The lowest BCUT2D eigenvalue weighted by molar-refractivity contribution is 0.856. The molecule has 2 N–H and O–H groups in total. The number of aromatic nitrogens is 1. The van der Waals surface area contributed by atoms with E-state index in [1.807, 2.05) is 18.2 Å². The largest absolute Gasteiger partial charge is 0.399 e. The van der Waals surface area contributed by atoms with Gasteiger partial charge in [0.2, 0.25) is 0 Å². The van der Waals surface area contributed by atoms with Crippen molar-refractivity contribution in [3.63, 3.8) is 0 Å². The molecular formula is C13H11BrClN3. The van der Waals surface area contributed by atoms with Crippen LogP contribution in [0, 0.1) is 0 Å². The topological polar surface area (TPSA) is 42.1 Å². The summed E-state index contributed by atoms with van der Waals surface area (Å²) in [7, 11) is 0. The van der Waals surface area contributed by atoms with Crippen LogP contribution in [0.4, 0.5) is 11.5 Å². The summed E-state index contributed by atoms with van der Waals surface area (Å²) < 4.78 is 0.886. The molecule has 1 aromatic heterocycles. The van der Waals surface area contributed by atoms with E-state index in [4.69, 9.17) is 17.3 Å². The van der Waals surface area contributed by atoms with Crippen molar-refractivity contribution in [2.24, 2.45) is 0 Å². The average molecular weight is 325 g/mol. The van der Waals surface area contributed by atoms with Gasteiger partial charge < -0.3 is 10.6 Å². The van der Waals surface area contributed by atoms with E-state index in [9.17, 15) is 0 Å². The van der Waals surface area contributed by atoms with Gasteiger partial charge in [-0.1, -0.05) is 17.7 Å². The number of nitrogens with two attached hydrogens (primary N) is 1. The van der Waals surface area contributed by atoms with Gasteiger partial charge in [0.25, 0.3) is 0 Å². The highest BCUT2D eigenvalue weighted by molar-refractivity contribution is 9.10. The van der Waals surface area contributed by atoms with Gasteiger partial charge in [-0.15, -0.1) is 0 Å². The minimum atomic E-state index is 0.658. The van der Waals surface area contributed by atoms with E-state index < -0.39 is 0 Å². The zero-order valence-corrected chi connectivity index (χ0v) is 11.9. The Labute approximate surface area is 119 Å². The second-order valence-corrected chi connectivity index (χ2v) is 5.67. The fraction of sp³-hybridized carbons (Fsp3) is 0.154. The second-order valence-electron chi connectivity index (χ2n) is 4.34. The van der Waals surface area contributed by atoms with Crippen molar-refractivity contribution < 1.29 is 0 Å². The quantitative estimate of drug-likeness (QED) is 0.815. The van der Waals surface area contributed by atoms with E-state index in [2.05, 4.69) is 31.9 Å². The number of hydrogen-bond acceptors (Lipinski definition) is 3. The van der Waals surface area contributed by atoms with Crippen molar-refractivity contribution in [3.05, 3.63) is 51.1 Å². The van der Waals surface area contributed by atoms with Gasteiger partial charge in [0.05, 0.1) is 5.02 Å². The Kier molecular flexibility index (Phi) is 2.92. The second kappa shape index (κ2) is 4.44. The fourth-order valence-electron chi connectivity index (χ4n) is 2.20.